The van der Waals surface area contributed by atoms with E-state index in [1.54, 1.807) is 31.4 Å². The zero-order valence-electron chi connectivity index (χ0n) is 12.5. The van der Waals surface area contributed by atoms with Gasteiger partial charge in [-0.25, -0.2) is 0 Å². The molecule has 0 bridgehead atoms. The summed E-state index contributed by atoms with van der Waals surface area (Å²) in [6, 6.07) is 7.18. The van der Waals surface area contributed by atoms with Gasteiger partial charge < -0.3 is 19.5 Å². The molecule has 0 radical (unpaired) electrons. The van der Waals surface area contributed by atoms with E-state index in [2.05, 4.69) is 0 Å². The molecule has 1 amide bonds. The average Bonchev–Trinajstić information content (AvgIpc) is 2.53. The number of nitrogens with zero attached hydrogens (tertiary/aromatic N) is 1. The van der Waals surface area contributed by atoms with Crippen LogP contribution in [0.25, 0.3) is 0 Å². The van der Waals surface area contributed by atoms with Gasteiger partial charge in [0.05, 0.1) is 7.11 Å². The maximum atomic E-state index is 12.2. The van der Waals surface area contributed by atoms with E-state index >= 15 is 0 Å². The van der Waals surface area contributed by atoms with Crippen molar-refractivity contribution in [2.24, 2.45) is 5.92 Å². The smallest absolute Gasteiger partial charge is 0.260 e. The van der Waals surface area contributed by atoms with Crippen LogP contribution >= 0.6 is 0 Å². The van der Waals surface area contributed by atoms with Crippen LogP contribution in [0.3, 0.4) is 0 Å². The van der Waals surface area contributed by atoms with Crippen molar-refractivity contribution in [3.05, 3.63) is 24.3 Å². The van der Waals surface area contributed by atoms with Crippen LogP contribution in [0.1, 0.15) is 19.3 Å². The second kappa shape index (κ2) is 7.88. The molecule has 5 heteroatoms. The van der Waals surface area contributed by atoms with Gasteiger partial charge in [-0.1, -0.05) is 0 Å². The number of likely N-dealkylation sites (tertiary alicyclic amines) is 1. The Kier molecular flexibility index (Phi) is 5.87. The molecule has 1 aliphatic heterocycles. The Morgan fingerprint density at radius 3 is 2.71 bits per heavy atom. The second-order valence-electron chi connectivity index (χ2n) is 5.32. The third-order valence-electron chi connectivity index (χ3n) is 3.83. The third-order valence-corrected chi connectivity index (χ3v) is 3.83. The summed E-state index contributed by atoms with van der Waals surface area (Å²) in [5, 5.41) is 9.00. The van der Waals surface area contributed by atoms with Gasteiger partial charge >= 0.3 is 0 Å². The summed E-state index contributed by atoms with van der Waals surface area (Å²) in [5.41, 5.74) is 0. The molecule has 1 saturated heterocycles. The molecule has 1 aromatic rings. The number of amides is 1. The molecular weight excluding hydrogens is 270 g/mol. The van der Waals surface area contributed by atoms with Crippen molar-refractivity contribution in [2.75, 3.05) is 33.4 Å². The fourth-order valence-electron chi connectivity index (χ4n) is 2.62. The molecule has 0 saturated carbocycles. The monoisotopic (exact) mass is 293 g/mol. The predicted molar refractivity (Wildman–Crippen MR) is 79.5 cm³/mol. The van der Waals surface area contributed by atoms with Crippen LogP contribution in [0, 0.1) is 5.92 Å². The van der Waals surface area contributed by atoms with Crippen molar-refractivity contribution in [1.82, 2.24) is 4.90 Å². The van der Waals surface area contributed by atoms with Crippen LogP contribution < -0.4 is 9.47 Å². The normalized spacial score (nSPS) is 18.4. The molecule has 1 atom stereocenters. The van der Waals surface area contributed by atoms with Crippen molar-refractivity contribution in [1.29, 1.82) is 0 Å². The Morgan fingerprint density at radius 2 is 2.05 bits per heavy atom. The van der Waals surface area contributed by atoms with E-state index in [1.807, 2.05) is 4.90 Å². The largest absolute Gasteiger partial charge is 0.497 e. The van der Waals surface area contributed by atoms with Crippen molar-refractivity contribution in [3.8, 4) is 11.5 Å². The van der Waals surface area contributed by atoms with Gasteiger partial charge in [0.1, 0.15) is 11.5 Å². The number of methoxy groups -OCH3 is 1. The molecule has 21 heavy (non-hydrogen) atoms. The number of carbonyl (C=O) groups is 1. The van der Waals surface area contributed by atoms with E-state index in [0.717, 1.165) is 38.1 Å². The van der Waals surface area contributed by atoms with Crippen molar-refractivity contribution in [3.63, 3.8) is 0 Å². The average molecular weight is 293 g/mol. The van der Waals surface area contributed by atoms with Gasteiger partial charge in [0.25, 0.3) is 5.91 Å². The number of carbonyl (C=O) groups excluding carboxylic acids is 1. The lowest BCUT2D eigenvalue weighted by atomic mass is 9.95. The topological polar surface area (TPSA) is 59.0 Å². The van der Waals surface area contributed by atoms with Gasteiger partial charge in [0.15, 0.2) is 6.61 Å². The zero-order valence-corrected chi connectivity index (χ0v) is 12.5. The Morgan fingerprint density at radius 1 is 1.33 bits per heavy atom. The zero-order chi connectivity index (χ0) is 15.1. The summed E-state index contributed by atoms with van der Waals surface area (Å²) in [6.45, 7) is 1.76. The Hall–Kier alpha value is -1.75. The first kappa shape index (κ1) is 15.6. The minimum atomic E-state index is 0.00783. The number of benzene rings is 1. The van der Waals surface area contributed by atoms with Gasteiger partial charge in [-0.15, -0.1) is 0 Å². The quantitative estimate of drug-likeness (QED) is 0.867. The van der Waals surface area contributed by atoms with Crippen LogP contribution in [0.4, 0.5) is 0 Å². The van der Waals surface area contributed by atoms with E-state index in [4.69, 9.17) is 14.6 Å². The number of aliphatic hydroxyl groups is 1. The molecule has 0 aromatic heterocycles. The molecule has 0 spiro atoms. The Bertz CT molecular complexity index is 444. The molecule has 1 aromatic carbocycles. The number of piperidine rings is 1. The van der Waals surface area contributed by atoms with Crippen molar-refractivity contribution in [2.45, 2.75) is 19.3 Å². The van der Waals surface area contributed by atoms with Gasteiger partial charge in [0, 0.05) is 19.7 Å². The van der Waals surface area contributed by atoms with E-state index < -0.39 is 0 Å². The first-order chi connectivity index (χ1) is 10.2. The maximum absolute atomic E-state index is 12.2. The van der Waals surface area contributed by atoms with Crippen LogP contribution in [0.2, 0.25) is 0 Å². The minimum Gasteiger partial charge on any atom is -0.497 e. The summed E-state index contributed by atoms with van der Waals surface area (Å²) in [6.07, 6.45) is 2.85. The van der Waals surface area contributed by atoms with Crippen LogP contribution in [0.5, 0.6) is 11.5 Å². The molecule has 1 heterocycles. The highest BCUT2D eigenvalue weighted by Crippen LogP contribution is 2.20. The highest BCUT2D eigenvalue weighted by Gasteiger charge is 2.23. The predicted octanol–water partition coefficient (Wildman–Crippen LogP) is 1.70. The lowest BCUT2D eigenvalue weighted by molar-refractivity contribution is -0.135. The third kappa shape index (κ3) is 4.63. The summed E-state index contributed by atoms with van der Waals surface area (Å²) in [7, 11) is 1.61. The number of aliphatic hydroxyl groups excluding tert-OH is 1. The summed E-state index contributed by atoms with van der Waals surface area (Å²) in [5.74, 6) is 1.84. The minimum absolute atomic E-state index is 0.00783. The van der Waals surface area contributed by atoms with Gasteiger partial charge in [-0.05, 0) is 49.4 Å². The molecule has 116 valence electrons. The lowest BCUT2D eigenvalue weighted by Gasteiger charge is -2.32. The van der Waals surface area contributed by atoms with Gasteiger partial charge in [0.2, 0.25) is 0 Å². The highest BCUT2D eigenvalue weighted by molar-refractivity contribution is 5.77. The van der Waals surface area contributed by atoms with E-state index in [0.29, 0.717) is 11.7 Å². The SMILES string of the molecule is COc1ccc(OCC(=O)N2CCCC(CCO)C2)cc1. The van der Waals surface area contributed by atoms with Crippen LogP contribution in [0.15, 0.2) is 24.3 Å². The molecule has 1 aliphatic rings. The van der Waals surface area contributed by atoms with Crippen LogP contribution in [-0.2, 0) is 4.79 Å². The molecule has 0 aliphatic carbocycles. The first-order valence-corrected chi connectivity index (χ1v) is 7.38. The molecule has 1 unspecified atom stereocenters. The van der Waals surface area contributed by atoms with Gasteiger partial charge in [-0.3, -0.25) is 4.79 Å². The standard InChI is InChI=1S/C16H23NO4/c1-20-14-4-6-15(7-5-14)21-12-16(19)17-9-2-3-13(11-17)8-10-18/h4-7,13,18H,2-3,8-12H2,1H3. The number of ether oxygens (including phenoxy) is 2. The fraction of sp³-hybridized carbons (Fsp3) is 0.562. The molecule has 2 rings (SSSR count). The second-order valence-corrected chi connectivity index (χ2v) is 5.32. The summed E-state index contributed by atoms with van der Waals surface area (Å²) < 4.78 is 10.6. The molecular formula is C16H23NO4. The van der Waals surface area contributed by atoms with Gasteiger partial charge in [-0.2, -0.15) is 0 Å². The maximum Gasteiger partial charge on any atom is 0.260 e. The van der Waals surface area contributed by atoms with Crippen molar-refractivity contribution >= 4 is 5.91 Å². The number of rotatable bonds is 6. The fourth-order valence-corrected chi connectivity index (χ4v) is 2.62. The summed E-state index contributed by atoms with van der Waals surface area (Å²) >= 11 is 0. The van der Waals surface area contributed by atoms with Crippen LogP contribution in [-0.4, -0.2) is 49.3 Å². The van der Waals surface area contributed by atoms with E-state index in [-0.39, 0.29) is 19.1 Å². The highest BCUT2D eigenvalue weighted by atomic mass is 16.5. The first-order valence-electron chi connectivity index (χ1n) is 7.38. The molecule has 1 fully saturated rings. The Balaban J connectivity index is 1.80. The van der Waals surface area contributed by atoms with Crippen molar-refractivity contribution < 1.29 is 19.4 Å². The number of hydrogen-bond donors (Lipinski definition) is 1. The number of hydrogen-bond acceptors (Lipinski definition) is 4. The molecule has 1 N–H and O–H groups in total. The van der Waals surface area contributed by atoms with E-state index in [9.17, 15) is 4.79 Å². The Labute approximate surface area is 125 Å². The van der Waals surface area contributed by atoms with E-state index in [1.165, 1.54) is 0 Å². The molecule has 5 nitrogen and oxygen atoms in total. The summed E-state index contributed by atoms with van der Waals surface area (Å²) in [4.78, 5) is 14.0. The lowest BCUT2D eigenvalue weighted by Crippen LogP contribution is -2.42.